The van der Waals surface area contributed by atoms with Gasteiger partial charge in [0.1, 0.15) is 0 Å². The Labute approximate surface area is 98.4 Å². The van der Waals surface area contributed by atoms with Crippen molar-refractivity contribution in [3.05, 3.63) is 0 Å². The van der Waals surface area contributed by atoms with Gasteiger partial charge in [-0.15, -0.1) is 0 Å². The zero-order valence-corrected chi connectivity index (χ0v) is 11.2. The highest BCUT2D eigenvalue weighted by molar-refractivity contribution is 7.91. The van der Waals surface area contributed by atoms with Crippen molar-refractivity contribution in [3.8, 4) is 0 Å². The largest absolute Gasteiger partial charge is 0.302 e. The fourth-order valence-electron chi connectivity index (χ4n) is 2.11. The minimum absolute atomic E-state index is 0.372. The summed E-state index contributed by atoms with van der Waals surface area (Å²) in [4.78, 5) is 2.24. The third-order valence-electron chi connectivity index (χ3n) is 3.28. The third kappa shape index (κ3) is 2.41. The molecule has 1 saturated carbocycles. The van der Waals surface area contributed by atoms with Gasteiger partial charge in [-0.2, -0.15) is 0 Å². The fourth-order valence-corrected chi connectivity index (χ4v) is 4.12. The minimum atomic E-state index is -3.17. The number of sulfonamides is 1. The summed E-state index contributed by atoms with van der Waals surface area (Å²) in [5.41, 5.74) is -0.372. The van der Waals surface area contributed by atoms with Crippen LogP contribution in [0.25, 0.3) is 0 Å². The molecule has 1 heterocycles. The van der Waals surface area contributed by atoms with Crippen LogP contribution in [0.15, 0.2) is 0 Å². The van der Waals surface area contributed by atoms with Gasteiger partial charge in [0, 0.05) is 12.1 Å². The van der Waals surface area contributed by atoms with Crippen molar-refractivity contribution in [2.75, 3.05) is 19.6 Å². The zero-order valence-electron chi connectivity index (χ0n) is 10.4. The summed E-state index contributed by atoms with van der Waals surface area (Å²) in [7, 11) is -3.17. The Morgan fingerprint density at radius 1 is 1.25 bits per heavy atom. The van der Waals surface area contributed by atoms with Crippen LogP contribution in [0.3, 0.4) is 0 Å². The summed E-state index contributed by atoms with van der Waals surface area (Å²) in [5.74, 6) is 0. The molecule has 4 nitrogen and oxygen atoms in total. The molecule has 94 valence electrons. The van der Waals surface area contributed by atoms with E-state index in [1.165, 1.54) is 6.42 Å². The van der Waals surface area contributed by atoms with Crippen LogP contribution in [-0.4, -0.2) is 43.2 Å². The van der Waals surface area contributed by atoms with Gasteiger partial charge in [0.15, 0.2) is 0 Å². The highest BCUT2D eigenvalue weighted by atomic mass is 32.2. The summed E-state index contributed by atoms with van der Waals surface area (Å²) < 4.78 is 26.8. The van der Waals surface area contributed by atoms with E-state index in [4.69, 9.17) is 0 Å². The van der Waals surface area contributed by atoms with Crippen LogP contribution in [0.4, 0.5) is 0 Å². The number of hydrogen-bond donors (Lipinski definition) is 1. The number of hydrogen-bond acceptors (Lipinski definition) is 3. The predicted octanol–water partition coefficient (Wildman–Crippen LogP) is 0.943. The van der Waals surface area contributed by atoms with E-state index >= 15 is 0 Å². The lowest BCUT2D eigenvalue weighted by atomic mass is 10.1. The normalized spacial score (nSPS) is 25.2. The number of nitrogens with zero attached hydrogens (tertiary/aromatic N) is 1. The predicted molar refractivity (Wildman–Crippen MR) is 64.8 cm³/mol. The van der Waals surface area contributed by atoms with Crippen molar-refractivity contribution in [2.45, 2.75) is 50.3 Å². The van der Waals surface area contributed by atoms with Crippen molar-refractivity contribution in [1.82, 2.24) is 9.62 Å². The molecule has 2 aliphatic rings. The van der Waals surface area contributed by atoms with E-state index in [-0.39, 0.29) is 5.54 Å². The molecule has 0 aromatic heterocycles. The molecule has 0 atom stereocenters. The summed E-state index contributed by atoms with van der Waals surface area (Å²) in [6.07, 6.45) is 2.84. The molecular weight excluding hydrogens is 224 g/mol. The van der Waals surface area contributed by atoms with Crippen molar-refractivity contribution >= 4 is 10.0 Å². The average Bonchev–Trinajstić information content (AvgIpc) is 2.72. The molecule has 0 radical (unpaired) electrons. The van der Waals surface area contributed by atoms with E-state index in [0.29, 0.717) is 0 Å². The fraction of sp³-hybridized carbons (Fsp3) is 1.00. The second kappa shape index (κ2) is 3.68. The Bertz CT molecular complexity index is 362. The quantitative estimate of drug-likeness (QED) is 0.803. The molecule has 16 heavy (non-hydrogen) atoms. The van der Waals surface area contributed by atoms with Crippen LogP contribution in [0, 0.1) is 0 Å². The van der Waals surface area contributed by atoms with Crippen LogP contribution in [0.2, 0.25) is 0 Å². The molecule has 0 bridgehead atoms. The summed E-state index contributed by atoms with van der Waals surface area (Å²) >= 11 is 0. The van der Waals surface area contributed by atoms with Crippen LogP contribution < -0.4 is 4.72 Å². The first-order chi connectivity index (χ1) is 7.24. The van der Waals surface area contributed by atoms with Crippen LogP contribution in [0.5, 0.6) is 0 Å². The lowest BCUT2D eigenvalue weighted by molar-refractivity contribution is 0.177. The van der Waals surface area contributed by atoms with Gasteiger partial charge in [-0.05, 0) is 53.1 Å². The highest BCUT2D eigenvalue weighted by Crippen LogP contribution is 2.44. The minimum Gasteiger partial charge on any atom is -0.302 e. The van der Waals surface area contributed by atoms with Crippen molar-refractivity contribution < 1.29 is 8.42 Å². The van der Waals surface area contributed by atoms with Gasteiger partial charge in [-0.1, -0.05) is 0 Å². The molecule has 2 fully saturated rings. The van der Waals surface area contributed by atoms with Gasteiger partial charge >= 0.3 is 0 Å². The molecule has 0 spiro atoms. The molecule has 1 aliphatic heterocycles. The Kier molecular flexibility index (Phi) is 2.84. The third-order valence-corrected chi connectivity index (χ3v) is 5.84. The maximum absolute atomic E-state index is 12.3. The molecule has 0 unspecified atom stereocenters. The Balaban J connectivity index is 2.04. The maximum Gasteiger partial charge on any atom is 0.219 e. The first kappa shape index (κ1) is 12.3. The topological polar surface area (TPSA) is 49.4 Å². The lowest BCUT2D eigenvalue weighted by Gasteiger charge is -2.35. The van der Waals surface area contributed by atoms with E-state index in [2.05, 4.69) is 9.62 Å². The van der Waals surface area contributed by atoms with E-state index in [1.807, 2.05) is 20.8 Å². The molecule has 1 saturated heterocycles. The van der Waals surface area contributed by atoms with Gasteiger partial charge < -0.3 is 4.90 Å². The van der Waals surface area contributed by atoms with Gasteiger partial charge in [0.05, 0.1) is 4.75 Å². The molecule has 0 amide bonds. The molecule has 0 aromatic rings. The molecule has 1 N–H and O–H groups in total. The van der Waals surface area contributed by atoms with Crippen LogP contribution in [0.1, 0.15) is 40.0 Å². The Morgan fingerprint density at radius 2 is 1.81 bits per heavy atom. The number of likely N-dealkylation sites (tertiary alicyclic amines) is 1. The van der Waals surface area contributed by atoms with Crippen molar-refractivity contribution in [2.24, 2.45) is 0 Å². The summed E-state index contributed by atoms with van der Waals surface area (Å²) in [6.45, 7) is 8.52. The number of rotatable bonds is 4. The second-order valence-corrected chi connectivity index (χ2v) is 8.25. The van der Waals surface area contributed by atoms with Crippen molar-refractivity contribution in [1.29, 1.82) is 0 Å². The lowest BCUT2D eigenvalue weighted by Crippen LogP contribution is -2.52. The SMILES string of the molecule is CC(C)(C)NS(=O)(=O)C1(CN2CCC2)CC1. The van der Waals surface area contributed by atoms with E-state index in [0.717, 1.165) is 32.5 Å². The van der Waals surface area contributed by atoms with Gasteiger partial charge in [-0.3, -0.25) is 0 Å². The first-order valence-corrected chi connectivity index (χ1v) is 7.48. The second-order valence-electron chi connectivity index (χ2n) is 6.17. The van der Waals surface area contributed by atoms with Crippen LogP contribution >= 0.6 is 0 Å². The molecule has 5 heteroatoms. The van der Waals surface area contributed by atoms with E-state index in [9.17, 15) is 8.42 Å². The molecule has 0 aromatic carbocycles. The zero-order chi connectivity index (χ0) is 12.0. The van der Waals surface area contributed by atoms with Gasteiger partial charge in [-0.25, -0.2) is 13.1 Å². The Hall–Kier alpha value is -0.130. The smallest absolute Gasteiger partial charge is 0.219 e. The van der Waals surface area contributed by atoms with Gasteiger partial charge in [0.2, 0.25) is 10.0 Å². The monoisotopic (exact) mass is 246 g/mol. The van der Waals surface area contributed by atoms with E-state index < -0.39 is 14.8 Å². The van der Waals surface area contributed by atoms with Crippen molar-refractivity contribution in [3.63, 3.8) is 0 Å². The van der Waals surface area contributed by atoms with Gasteiger partial charge in [0.25, 0.3) is 0 Å². The number of nitrogens with one attached hydrogen (secondary N) is 1. The standard InChI is InChI=1S/C11H22N2O2S/c1-10(2,3)12-16(14,15)11(5-6-11)9-13-7-4-8-13/h12H,4-9H2,1-3H3. The van der Waals surface area contributed by atoms with Crippen LogP contribution in [-0.2, 0) is 10.0 Å². The highest BCUT2D eigenvalue weighted by Gasteiger charge is 2.56. The maximum atomic E-state index is 12.3. The molecular formula is C11H22N2O2S. The molecule has 2 rings (SSSR count). The summed E-state index contributed by atoms with van der Waals surface area (Å²) in [6, 6.07) is 0. The molecule has 1 aliphatic carbocycles. The summed E-state index contributed by atoms with van der Waals surface area (Å²) in [5, 5.41) is 0. The average molecular weight is 246 g/mol. The van der Waals surface area contributed by atoms with E-state index in [1.54, 1.807) is 0 Å². The first-order valence-electron chi connectivity index (χ1n) is 6.00. The Morgan fingerprint density at radius 3 is 2.12 bits per heavy atom.